The molecule has 3 aromatic rings. The van der Waals surface area contributed by atoms with Crippen LogP contribution in [0.1, 0.15) is 23.0 Å². The Morgan fingerprint density at radius 3 is 2.76 bits per heavy atom. The molecule has 0 saturated heterocycles. The molecule has 2 aromatic heterocycles. The number of nitrogens with zero attached hydrogens (tertiary/aromatic N) is 2. The largest absolute Gasteiger partial charge is 0.493 e. The summed E-state index contributed by atoms with van der Waals surface area (Å²) in [6.07, 6.45) is 0. The molecule has 0 aliphatic rings. The number of hydrogen-bond acceptors (Lipinski definition) is 8. The highest BCUT2D eigenvalue weighted by Crippen LogP contribution is 2.24. The third-order valence-electron chi connectivity index (χ3n) is 4.09. The number of hydrogen-bond donors (Lipinski definition) is 3. The van der Waals surface area contributed by atoms with Crippen LogP contribution in [0.4, 0.5) is 11.8 Å². The molecule has 0 aliphatic heterocycles. The first kappa shape index (κ1) is 20.1. The van der Waals surface area contributed by atoms with Gasteiger partial charge in [-0.15, -0.1) is 0 Å². The zero-order chi connectivity index (χ0) is 20.8. The van der Waals surface area contributed by atoms with Gasteiger partial charge in [-0.1, -0.05) is 12.1 Å². The van der Waals surface area contributed by atoms with Gasteiger partial charge in [0, 0.05) is 36.8 Å². The van der Waals surface area contributed by atoms with Gasteiger partial charge in [0.25, 0.3) is 5.91 Å². The number of para-hydroxylation sites is 1. The van der Waals surface area contributed by atoms with Crippen molar-refractivity contribution in [2.24, 2.45) is 0 Å². The number of carbonyl (C=O) groups is 1. The van der Waals surface area contributed by atoms with Crippen LogP contribution in [-0.4, -0.2) is 42.6 Å². The molecule has 0 bridgehead atoms. The van der Waals surface area contributed by atoms with Gasteiger partial charge in [0.2, 0.25) is 5.95 Å². The van der Waals surface area contributed by atoms with Crippen LogP contribution < -0.4 is 26.3 Å². The van der Waals surface area contributed by atoms with Crippen LogP contribution in [0.5, 0.6) is 5.75 Å². The molecule has 0 radical (unpaired) electrons. The third-order valence-corrected chi connectivity index (χ3v) is 4.09. The average Bonchev–Trinajstić information content (AvgIpc) is 2.70. The monoisotopic (exact) mass is 397 g/mol. The number of nitrogens with one attached hydrogen (secondary N) is 3. The van der Waals surface area contributed by atoms with Gasteiger partial charge in [0.05, 0.1) is 7.11 Å². The van der Waals surface area contributed by atoms with Crippen LogP contribution in [0.25, 0.3) is 11.0 Å². The molecule has 2 heterocycles. The fourth-order valence-corrected chi connectivity index (χ4v) is 2.79. The van der Waals surface area contributed by atoms with E-state index >= 15 is 0 Å². The number of amides is 1. The molecule has 0 aliphatic carbocycles. The van der Waals surface area contributed by atoms with Gasteiger partial charge in [-0.2, -0.15) is 4.98 Å². The number of methoxy groups -OCH3 is 1. The number of rotatable bonds is 8. The maximum atomic E-state index is 12.4. The Morgan fingerprint density at radius 2 is 2.00 bits per heavy atom. The molecule has 1 aromatic carbocycles. The molecular formula is C20H23N5O4. The number of anilines is 2. The normalized spacial score (nSPS) is 10.6. The van der Waals surface area contributed by atoms with Crippen LogP contribution in [0, 0.1) is 6.92 Å². The summed E-state index contributed by atoms with van der Waals surface area (Å²) >= 11 is 0. The van der Waals surface area contributed by atoms with Crippen molar-refractivity contribution in [3.8, 4) is 5.75 Å². The molecule has 1 amide bonds. The molecule has 3 N–H and O–H groups in total. The van der Waals surface area contributed by atoms with Gasteiger partial charge < -0.3 is 25.1 Å². The minimum absolute atomic E-state index is 0.0573. The lowest BCUT2D eigenvalue weighted by Crippen LogP contribution is -2.32. The van der Waals surface area contributed by atoms with Crippen molar-refractivity contribution in [3.63, 3.8) is 0 Å². The minimum atomic E-state index is -0.714. The van der Waals surface area contributed by atoms with E-state index in [4.69, 9.17) is 9.15 Å². The van der Waals surface area contributed by atoms with Gasteiger partial charge in [-0.05, 0) is 26.0 Å². The van der Waals surface area contributed by atoms with Crippen molar-refractivity contribution in [1.82, 2.24) is 15.3 Å². The van der Waals surface area contributed by atoms with E-state index in [1.165, 1.54) is 13.2 Å². The zero-order valence-electron chi connectivity index (χ0n) is 16.5. The molecule has 0 atom stereocenters. The first-order chi connectivity index (χ1) is 14.0. The minimum Gasteiger partial charge on any atom is -0.493 e. The highest BCUT2D eigenvalue weighted by molar-refractivity contribution is 5.97. The number of ether oxygens (including phenoxy) is 1. The van der Waals surface area contributed by atoms with Crippen LogP contribution in [-0.2, 0) is 0 Å². The second-order valence-electron chi connectivity index (χ2n) is 6.26. The van der Waals surface area contributed by atoms with Crippen molar-refractivity contribution in [2.45, 2.75) is 13.8 Å². The van der Waals surface area contributed by atoms with Crippen molar-refractivity contribution in [3.05, 3.63) is 52.0 Å². The van der Waals surface area contributed by atoms with E-state index in [0.29, 0.717) is 41.6 Å². The Hall–Kier alpha value is -3.62. The highest BCUT2D eigenvalue weighted by atomic mass is 16.5. The quantitative estimate of drug-likeness (QED) is 0.391. The summed E-state index contributed by atoms with van der Waals surface area (Å²) in [5.41, 5.74) is 0.368. The lowest BCUT2D eigenvalue weighted by molar-refractivity contribution is 0.0951. The Balaban J connectivity index is 1.63. The van der Waals surface area contributed by atoms with E-state index in [1.807, 2.05) is 19.9 Å². The second-order valence-corrected chi connectivity index (χ2v) is 6.26. The number of aryl methyl sites for hydroxylation is 1. The maximum absolute atomic E-state index is 12.4. The van der Waals surface area contributed by atoms with Gasteiger partial charge in [-0.3, -0.25) is 4.79 Å². The van der Waals surface area contributed by atoms with E-state index in [1.54, 1.807) is 18.2 Å². The first-order valence-electron chi connectivity index (χ1n) is 9.24. The van der Waals surface area contributed by atoms with E-state index in [-0.39, 0.29) is 5.56 Å². The van der Waals surface area contributed by atoms with Crippen LogP contribution in [0.3, 0.4) is 0 Å². The van der Waals surface area contributed by atoms with Gasteiger partial charge in [0.15, 0.2) is 11.3 Å². The van der Waals surface area contributed by atoms with Crippen molar-refractivity contribution < 1.29 is 13.9 Å². The first-order valence-corrected chi connectivity index (χ1v) is 9.24. The van der Waals surface area contributed by atoms with Crippen molar-refractivity contribution in [2.75, 3.05) is 37.4 Å². The smallest absolute Gasteiger partial charge is 0.349 e. The Morgan fingerprint density at radius 1 is 1.17 bits per heavy atom. The molecule has 0 fully saturated rings. The highest BCUT2D eigenvalue weighted by Gasteiger charge is 2.15. The number of fused-ring (bicyclic) bond motifs is 1. The fourth-order valence-electron chi connectivity index (χ4n) is 2.79. The average molecular weight is 397 g/mol. The molecule has 9 nitrogen and oxygen atoms in total. The fraction of sp³-hybridized carbons (Fsp3) is 0.300. The summed E-state index contributed by atoms with van der Waals surface area (Å²) in [6, 6.07) is 8.51. The Kier molecular flexibility index (Phi) is 6.28. The molecule has 29 heavy (non-hydrogen) atoms. The summed E-state index contributed by atoms with van der Waals surface area (Å²) < 4.78 is 10.5. The van der Waals surface area contributed by atoms with Crippen molar-refractivity contribution >= 4 is 28.6 Å². The van der Waals surface area contributed by atoms with Crippen LogP contribution >= 0.6 is 0 Å². The van der Waals surface area contributed by atoms with E-state index in [0.717, 1.165) is 12.2 Å². The SMILES string of the molecule is CCNc1nc(C)cc(NCCNC(=O)c2cc3cccc(OC)c3oc2=O)n1. The zero-order valence-corrected chi connectivity index (χ0v) is 16.5. The molecule has 0 spiro atoms. The lowest BCUT2D eigenvalue weighted by Gasteiger charge is -2.10. The van der Waals surface area contributed by atoms with Gasteiger partial charge in [0.1, 0.15) is 11.4 Å². The van der Waals surface area contributed by atoms with Crippen LogP contribution in [0.15, 0.2) is 39.5 Å². The predicted molar refractivity (Wildman–Crippen MR) is 111 cm³/mol. The van der Waals surface area contributed by atoms with E-state index in [2.05, 4.69) is 25.9 Å². The maximum Gasteiger partial charge on any atom is 0.349 e. The molecule has 9 heteroatoms. The van der Waals surface area contributed by atoms with Crippen LogP contribution in [0.2, 0.25) is 0 Å². The van der Waals surface area contributed by atoms with Gasteiger partial charge >= 0.3 is 5.63 Å². The number of carbonyl (C=O) groups excluding carboxylic acids is 1. The lowest BCUT2D eigenvalue weighted by atomic mass is 10.1. The van der Waals surface area contributed by atoms with Crippen molar-refractivity contribution in [1.29, 1.82) is 0 Å². The summed E-state index contributed by atoms with van der Waals surface area (Å²) in [4.78, 5) is 33.2. The number of aromatic nitrogens is 2. The Labute approximate surface area is 167 Å². The van der Waals surface area contributed by atoms with E-state index < -0.39 is 11.5 Å². The second kappa shape index (κ2) is 9.05. The Bertz CT molecular complexity index is 1080. The molecule has 0 saturated carbocycles. The molecule has 0 unspecified atom stereocenters. The summed E-state index contributed by atoms with van der Waals surface area (Å²) in [5.74, 6) is 1.13. The molecule has 152 valence electrons. The van der Waals surface area contributed by atoms with Gasteiger partial charge in [-0.25, -0.2) is 9.78 Å². The topological polar surface area (TPSA) is 118 Å². The molecular weight excluding hydrogens is 374 g/mol. The third kappa shape index (κ3) is 4.81. The molecule has 3 rings (SSSR count). The number of benzene rings is 1. The standard InChI is InChI=1S/C20H23N5O4/c1-4-21-20-24-12(2)10-16(25-20)22-8-9-23-18(26)14-11-13-6-5-7-15(28-3)17(13)29-19(14)27/h5-7,10-11H,4,8-9H2,1-3H3,(H,23,26)(H2,21,22,24,25). The summed E-state index contributed by atoms with van der Waals surface area (Å²) in [7, 11) is 1.49. The van der Waals surface area contributed by atoms with E-state index in [9.17, 15) is 9.59 Å². The summed E-state index contributed by atoms with van der Waals surface area (Å²) in [5, 5.41) is 9.51. The summed E-state index contributed by atoms with van der Waals surface area (Å²) in [6.45, 7) is 5.30. The predicted octanol–water partition coefficient (Wildman–Crippen LogP) is 2.17.